The number of aliphatic hydroxyl groups is 1. The van der Waals surface area contributed by atoms with Gasteiger partial charge in [0.1, 0.15) is 6.23 Å². The predicted molar refractivity (Wildman–Crippen MR) is 200 cm³/mol. The van der Waals surface area contributed by atoms with Crippen LogP contribution in [0.3, 0.4) is 0 Å². The summed E-state index contributed by atoms with van der Waals surface area (Å²) in [5, 5.41) is 23.9. The van der Waals surface area contributed by atoms with Gasteiger partial charge in [-0.15, -0.1) is 6.58 Å². The van der Waals surface area contributed by atoms with Gasteiger partial charge in [0.2, 0.25) is 21.9 Å². The summed E-state index contributed by atoms with van der Waals surface area (Å²) in [6.07, 6.45) is -1.96. The molecule has 1 heterocycles. The van der Waals surface area contributed by atoms with Crippen LogP contribution in [0.2, 0.25) is 5.02 Å². The summed E-state index contributed by atoms with van der Waals surface area (Å²) in [7, 11) is -3.62. The van der Waals surface area contributed by atoms with Crippen molar-refractivity contribution in [1.82, 2.24) is 30.3 Å². The molecule has 1 aromatic heterocycles. The van der Waals surface area contributed by atoms with Crippen molar-refractivity contribution in [3.05, 3.63) is 77.3 Å². The van der Waals surface area contributed by atoms with Crippen LogP contribution in [0, 0.1) is 11.3 Å². The molecule has 54 heavy (non-hydrogen) atoms. The number of hydrogen-bond donors (Lipinski definition) is 6. The molecule has 5 rings (SSSR count). The third-order valence-corrected chi connectivity index (χ3v) is 11.9. The Bertz CT molecular complexity index is 1940. The second-order valence-corrected chi connectivity index (χ2v) is 18.4. The zero-order valence-corrected chi connectivity index (χ0v) is 32.2. The van der Waals surface area contributed by atoms with E-state index >= 15 is 0 Å². The Hall–Kier alpha value is -4.03. The summed E-state index contributed by atoms with van der Waals surface area (Å²) in [6.45, 7) is 10.7. The molecule has 294 valence electrons. The van der Waals surface area contributed by atoms with E-state index in [2.05, 4.69) is 47.5 Å². The van der Waals surface area contributed by atoms with Crippen molar-refractivity contribution in [2.75, 3.05) is 30.3 Å². The molecular formula is C36H46ClF3N8O5S. The fraction of sp³-hybridized carbons (Fsp3) is 0.500. The van der Waals surface area contributed by atoms with Crippen LogP contribution >= 0.6 is 11.6 Å². The van der Waals surface area contributed by atoms with E-state index in [1.165, 1.54) is 12.1 Å². The third kappa shape index (κ3) is 10.2. The molecule has 18 heteroatoms. The lowest BCUT2D eigenvalue weighted by Gasteiger charge is -2.35. The van der Waals surface area contributed by atoms with Crippen LogP contribution in [0.15, 0.2) is 61.2 Å². The summed E-state index contributed by atoms with van der Waals surface area (Å²) in [4.78, 5) is 25.6. The van der Waals surface area contributed by atoms with Gasteiger partial charge >= 0.3 is 12.2 Å². The van der Waals surface area contributed by atoms with E-state index in [1.54, 1.807) is 65.0 Å². The van der Waals surface area contributed by atoms with Crippen LogP contribution in [0.25, 0.3) is 0 Å². The number of halogens is 4. The Morgan fingerprint density at radius 2 is 1.67 bits per heavy atom. The minimum Gasteiger partial charge on any atom is -0.454 e. The molecule has 1 amide bonds. The number of amides is 1. The largest absolute Gasteiger partial charge is 0.454 e. The fourth-order valence-electron chi connectivity index (χ4n) is 5.58. The highest BCUT2D eigenvalue weighted by Crippen LogP contribution is 2.48. The number of nitrogens with one attached hydrogen (secondary N) is 5. The van der Waals surface area contributed by atoms with Crippen LogP contribution in [0.1, 0.15) is 69.8 Å². The molecule has 2 aliphatic rings. The SMILES string of the molecule is C=C[C@@H]1C[C@@]1(CNS(=O)(=O)C(C)(C)C)NC(O)C(C)(C)CNC(=O)c1ccc(Nc2nc(NC3(c4ccc(Cl)cc4)CC3)nc(OCC(F)(F)F)n2)cc1. The van der Waals surface area contributed by atoms with Crippen LogP contribution in [-0.2, 0) is 15.6 Å². The average molecular weight is 795 g/mol. The van der Waals surface area contributed by atoms with E-state index in [0.29, 0.717) is 22.7 Å². The van der Waals surface area contributed by atoms with Crippen LogP contribution in [0.4, 0.5) is 30.8 Å². The lowest BCUT2D eigenvalue weighted by molar-refractivity contribution is -0.154. The lowest BCUT2D eigenvalue weighted by atomic mass is 9.90. The summed E-state index contributed by atoms with van der Waals surface area (Å²) < 4.78 is 70.8. The van der Waals surface area contributed by atoms with E-state index in [0.717, 1.165) is 18.4 Å². The van der Waals surface area contributed by atoms with E-state index in [-0.39, 0.29) is 30.9 Å². The number of hydrogen-bond acceptors (Lipinski definition) is 11. The highest BCUT2D eigenvalue weighted by molar-refractivity contribution is 7.90. The molecule has 2 aromatic carbocycles. The van der Waals surface area contributed by atoms with E-state index in [9.17, 15) is 31.5 Å². The van der Waals surface area contributed by atoms with Crippen molar-refractivity contribution < 1.29 is 36.2 Å². The summed E-state index contributed by atoms with van der Waals surface area (Å²) in [5.74, 6) is -0.561. The van der Waals surface area contributed by atoms with Gasteiger partial charge in [-0.3, -0.25) is 10.1 Å². The number of carbonyl (C=O) groups is 1. The summed E-state index contributed by atoms with van der Waals surface area (Å²) in [5.41, 5.74) is -0.480. The molecule has 0 saturated heterocycles. The smallest absolute Gasteiger partial charge is 0.422 e. The zero-order valence-electron chi connectivity index (χ0n) is 30.6. The number of sulfonamides is 1. The minimum absolute atomic E-state index is 0.00578. The average Bonchev–Trinajstić information content (AvgIpc) is 4.01. The molecule has 13 nitrogen and oxygen atoms in total. The van der Waals surface area contributed by atoms with E-state index < -0.39 is 62.2 Å². The van der Waals surface area contributed by atoms with Gasteiger partial charge in [0.15, 0.2) is 6.61 Å². The Labute approximate surface area is 318 Å². The van der Waals surface area contributed by atoms with Gasteiger partial charge in [0.05, 0.1) is 10.3 Å². The molecule has 0 aliphatic heterocycles. The third-order valence-electron chi connectivity index (χ3n) is 9.55. The number of rotatable bonds is 17. The van der Waals surface area contributed by atoms with Gasteiger partial charge in [-0.25, -0.2) is 13.1 Å². The lowest BCUT2D eigenvalue weighted by Crippen LogP contribution is -2.56. The van der Waals surface area contributed by atoms with Crippen molar-refractivity contribution in [3.8, 4) is 6.01 Å². The van der Waals surface area contributed by atoms with Gasteiger partial charge < -0.3 is 25.8 Å². The number of aromatic nitrogens is 3. The second-order valence-electron chi connectivity index (χ2n) is 15.4. The van der Waals surface area contributed by atoms with Crippen LogP contribution in [0.5, 0.6) is 6.01 Å². The number of nitrogens with zero attached hydrogens (tertiary/aromatic N) is 3. The monoisotopic (exact) mass is 794 g/mol. The van der Waals surface area contributed by atoms with E-state index in [4.69, 9.17) is 16.3 Å². The molecule has 1 unspecified atom stereocenters. The Morgan fingerprint density at radius 1 is 1.04 bits per heavy atom. The molecule has 2 fully saturated rings. The molecule has 0 radical (unpaired) electrons. The first-order valence-electron chi connectivity index (χ1n) is 17.3. The second kappa shape index (κ2) is 15.2. The molecule has 0 spiro atoms. The summed E-state index contributed by atoms with van der Waals surface area (Å²) in [6, 6.07) is 12.9. The fourth-order valence-corrected chi connectivity index (χ4v) is 6.59. The molecule has 3 atom stereocenters. The molecule has 0 bridgehead atoms. The first-order valence-corrected chi connectivity index (χ1v) is 19.1. The predicted octanol–water partition coefficient (Wildman–Crippen LogP) is 5.64. The quantitative estimate of drug-likeness (QED) is 0.0736. The number of carbonyl (C=O) groups excluding carboxylic acids is 1. The number of anilines is 3. The number of benzene rings is 2. The van der Waals surface area contributed by atoms with Crippen molar-refractivity contribution in [2.45, 2.75) is 82.1 Å². The van der Waals surface area contributed by atoms with Crippen molar-refractivity contribution in [3.63, 3.8) is 0 Å². The standard InChI is InChI=1S/C36H46ClF3N8O5S/c1-7-23-18-35(23,20-42-54(51,52)32(2,3)4)47-28(50)33(5,6)19-41-27(49)22-8-14-26(15-9-22)43-29-44-30(46-31(45-29)53-21-36(38,39)40)48-34(16-17-34)24-10-12-25(37)13-11-24/h7-15,23,28,42,47,50H,1,16-21H2,2-6H3,(H,41,49)(H2,43,44,45,46,48)/t23-,28?,35+/m1/s1. The van der Waals surface area contributed by atoms with E-state index in [1.807, 2.05) is 12.1 Å². The van der Waals surface area contributed by atoms with Crippen molar-refractivity contribution >= 4 is 45.1 Å². The zero-order chi connectivity index (χ0) is 39.7. The first kappa shape index (κ1) is 41.1. The van der Waals surface area contributed by atoms with Gasteiger partial charge in [-0.1, -0.05) is 43.7 Å². The van der Waals surface area contributed by atoms with Gasteiger partial charge in [0.25, 0.3) is 5.91 Å². The topological polar surface area (TPSA) is 179 Å². The Balaban J connectivity index is 1.21. The maximum absolute atomic E-state index is 13.1. The summed E-state index contributed by atoms with van der Waals surface area (Å²) >= 11 is 6.04. The van der Waals surface area contributed by atoms with Crippen molar-refractivity contribution in [1.29, 1.82) is 0 Å². The Morgan fingerprint density at radius 3 is 2.22 bits per heavy atom. The molecule has 2 saturated carbocycles. The highest BCUT2D eigenvalue weighted by atomic mass is 35.5. The van der Waals surface area contributed by atoms with Gasteiger partial charge in [0, 0.05) is 40.3 Å². The maximum Gasteiger partial charge on any atom is 0.422 e. The molecule has 3 aromatic rings. The van der Waals surface area contributed by atoms with Crippen LogP contribution < -0.4 is 30.7 Å². The van der Waals surface area contributed by atoms with Crippen molar-refractivity contribution in [2.24, 2.45) is 11.3 Å². The molecular weight excluding hydrogens is 749 g/mol. The normalized spacial score (nSPS) is 20.1. The van der Waals surface area contributed by atoms with Crippen LogP contribution in [-0.4, -0.2) is 76.8 Å². The van der Waals surface area contributed by atoms with Gasteiger partial charge in [-0.05, 0) is 87.9 Å². The van der Waals surface area contributed by atoms with Gasteiger partial charge in [-0.2, -0.15) is 28.1 Å². The number of aliphatic hydroxyl groups excluding tert-OH is 1. The molecule has 6 N–H and O–H groups in total. The number of alkyl halides is 3. The first-order chi connectivity index (χ1) is 25.1. The number of ether oxygens (including phenoxy) is 1. The Kier molecular flexibility index (Phi) is 11.6. The maximum atomic E-state index is 13.1. The highest BCUT2D eigenvalue weighted by Gasteiger charge is 2.55. The minimum atomic E-state index is -4.61. The molecule has 2 aliphatic carbocycles.